The Morgan fingerprint density at radius 3 is 2.07 bits per heavy atom. The van der Waals surface area contributed by atoms with E-state index in [0.717, 1.165) is 6.42 Å². The van der Waals surface area contributed by atoms with Gasteiger partial charge in [0.2, 0.25) is 0 Å². The predicted molar refractivity (Wildman–Crippen MR) is 57.5 cm³/mol. The van der Waals surface area contributed by atoms with Crippen LogP contribution < -0.4 is 0 Å². The second kappa shape index (κ2) is 8.68. The van der Waals surface area contributed by atoms with Gasteiger partial charge in [-0.1, -0.05) is 6.92 Å². The van der Waals surface area contributed by atoms with Gasteiger partial charge in [-0.25, -0.2) is 0 Å². The number of carbonyl (C=O) groups is 1. The van der Waals surface area contributed by atoms with Gasteiger partial charge in [-0.05, 0) is 27.2 Å². The number of esters is 1. The van der Waals surface area contributed by atoms with Crippen molar-refractivity contribution in [1.82, 2.24) is 0 Å². The zero-order chi connectivity index (χ0) is 11.7. The van der Waals surface area contributed by atoms with E-state index in [-0.39, 0.29) is 18.5 Å². The Morgan fingerprint density at radius 2 is 1.67 bits per heavy atom. The maximum absolute atomic E-state index is 11.4. The van der Waals surface area contributed by atoms with E-state index in [2.05, 4.69) is 0 Å². The highest BCUT2D eigenvalue weighted by Gasteiger charge is 2.16. The van der Waals surface area contributed by atoms with Gasteiger partial charge in [-0.2, -0.15) is 0 Å². The lowest BCUT2D eigenvalue weighted by atomic mass is 10.3. The van der Waals surface area contributed by atoms with Crippen molar-refractivity contribution in [2.75, 3.05) is 13.2 Å². The van der Waals surface area contributed by atoms with E-state index in [4.69, 9.17) is 14.2 Å². The molecule has 0 aromatic heterocycles. The number of carbonyl (C=O) groups excluding carboxylic acids is 1. The first-order valence-electron chi connectivity index (χ1n) is 5.56. The third-order valence-electron chi connectivity index (χ3n) is 1.95. The average molecular weight is 218 g/mol. The number of ether oxygens (including phenoxy) is 3. The Morgan fingerprint density at radius 1 is 1.13 bits per heavy atom. The van der Waals surface area contributed by atoms with Gasteiger partial charge in [0.05, 0.1) is 12.5 Å². The van der Waals surface area contributed by atoms with Crippen LogP contribution in [-0.2, 0) is 19.0 Å². The molecule has 0 aliphatic heterocycles. The molecule has 0 spiro atoms. The first kappa shape index (κ1) is 14.4. The fraction of sp³-hybridized carbons (Fsp3) is 0.909. The van der Waals surface area contributed by atoms with Crippen LogP contribution in [0.3, 0.4) is 0 Å². The Kier molecular flexibility index (Phi) is 8.33. The monoisotopic (exact) mass is 218 g/mol. The normalized spacial score (nSPS) is 12.9. The van der Waals surface area contributed by atoms with Crippen molar-refractivity contribution in [3.63, 3.8) is 0 Å². The van der Waals surface area contributed by atoms with Crippen LogP contribution in [-0.4, -0.2) is 31.6 Å². The minimum absolute atomic E-state index is 0.0404. The molecule has 0 fully saturated rings. The van der Waals surface area contributed by atoms with Gasteiger partial charge in [0.1, 0.15) is 0 Å². The summed E-state index contributed by atoms with van der Waals surface area (Å²) < 4.78 is 15.6. The third-order valence-corrected chi connectivity index (χ3v) is 1.95. The molecule has 0 aliphatic carbocycles. The van der Waals surface area contributed by atoms with E-state index >= 15 is 0 Å². The molecule has 0 aromatic rings. The smallest absolute Gasteiger partial charge is 0.311 e. The summed E-state index contributed by atoms with van der Waals surface area (Å²) in [5.74, 6) is -0.267. The van der Waals surface area contributed by atoms with Gasteiger partial charge in [0.25, 0.3) is 0 Å². The van der Waals surface area contributed by atoms with E-state index in [1.54, 1.807) is 0 Å². The molecule has 0 aliphatic rings. The summed E-state index contributed by atoms with van der Waals surface area (Å²) in [6, 6.07) is 0. The van der Waals surface area contributed by atoms with Crippen molar-refractivity contribution >= 4 is 5.97 Å². The van der Waals surface area contributed by atoms with Gasteiger partial charge >= 0.3 is 5.97 Å². The molecular weight excluding hydrogens is 196 g/mol. The lowest BCUT2D eigenvalue weighted by Gasteiger charge is -2.17. The highest BCUT2D eigenvalue weighted by molar-refractivity contribution is 5.69. The Labute approximate surface area is 91.9 Å². The van der Waals surface area contributed by atoms with Gasteiger partial charge < -0.3 is 14.2 Å². The lowest BCUT2D eigenvalue weighted by molar-refractivity contribution is -0.171. The van der Waals surface area contributed by atoms with Crippen LogP contribution in [0.25, 0.3) is 0 Å². The summed E-state index contributed by atoms with van der Waals surface area (Å²) in [6.07, 6.45) is 0.462. The van der Waals surface area contributed by atoms with E-state index in [9.17, 15) is 4.79 Å². The molecule has 0 aromatic carbocycles. The van der Waals surface area contributed by atoms with Crippen molar-refractivity contribution in [2.45, 2.75) is 52.9 Å². The minimum Gasteiger partial charge on any atom is -0.463 e. The fourth-order valence-electron chi connectivity index (χ4n) is 1.03. The molecule has 0 bridgehead atoms. The van der Waals surface area contributed by atoms with Crippen molar-refractivity contribution in [1.29, 1.82) is 0 Å². The van der Waals surface area contributed by atoms with Crippen LogP contribution >= 0.6 is 0 Å². The van der Waals surface area contributed by atoms with Crippen molar-refractivity contribution < 1.29 is 19.0 Å². The van der Waals surface area contributed by atoms with E-state index in [0.29, 0.717) is 13.2 Å². The third kappa shape index (κ3) is 7.33. The summed E-state index contributed by atoms with van der Waals surface area (Å²) in [5.41, 5.74) is 0. The topological polar surface area (TPSA) is 44.8 Å². The highest BCUT2D eigenvalue weighted by Crippen LogP contribution is 2.05. The van der Waals surface area contributed by atoms with Gasteiger partial charge in [0.15, 0.2) is 6.29 Å². The van der Waals surface area contributed by atoms with E-state index < -0.39 is 6.29 Å². The summed E-state index contributed by atoms with van der Waals surface area (Å²) in [7, 11) is 0. The first-order valence-corrected chi connectivity index (χ1v) is 5.56. The quantitative estimate of drug-likeness (QED) is 0.462. The van der Waals surface area contributed by atoms with Crippen LogP contribution in [0.15, 0.2) is 0 Å². The molecule has 1 unspecified atom stereocenters. The minimum atomic E-state index is -0.475. The SMILES string of the molecule is CCOC(CC(=O)OC(C)CC)OCC. The summed E-state index contributed by atoms with van der Waals surface area (Å²) in [5, 5.41) is 0. The Hall–Kier alpha value is -0.610. The second-order valence-corrected chi connectivity index (χ2v) is 3.25. The molecule has 0 N–H and O–H groups in total. The molecule has 15 heavy (non-hydrogen) atoms. The van der Waals surface area contributed by atoms with Crippen LogP contribution in [0, 0.1) is 0 Å². The van der Waals surface area contributed by atoms with E-state index in [1.807, 2.05) is 27.7 Å². The maximum atomic E-state index is 11.4. The van der Waals surface area contributed by atoms with Crippen LogP contribution in [0.4, 0.5) is 0 Å². The summed E-state index contributed by atoms with van der Waals surface area (Å²) >= 11 is 0. The summed E-state index contributed by atoms with van der Waals surface area (Å²) in [6.45, 7) is 8.63. The number of hydrogen-bond donors (Lipinski definition) is 0. The van der Waals surface area contributed by atoms with Crippen molar-refractivity contribution in [3.8, 4) is 0 Å². The molecule has 4 heteroatoms. The maximum Gasteiger partial charge on any atom is 0.311 e. The van der Waals surface area contributed by atoms with Gasteiger partial charge in [0, 0.05) is 13.2 Å². The molecule has 1 atom stereocenters. The Bertz CT molecular complexity index is 164. The van der Waals surface area contributed by atoms with Gasteiger partial charge in [-0.15, -0.1) is 0 Å². The number of hydrogen-bond acceptors (Lipinski definition) is 4. The van der Waals surface area contributed by atoms with Crippen LogP contribution in [0.1, 0.15) is 40.5 Å². The Balaban J connectivity index is 3.87. The molecule has 90 valence electrons. The molecule has 0 rings (SSSR count). The van der Waals surface area contributed by atoms with Crippen molar-refractivity contribution in [3.05, 3.63) is 0 Å². The fourth-order valence-corrected chi connectivity index (χ4v) is 1.03. The highest BCUT2D eigenvalue weighted by atomic mass is 16.7. The summed E-state index contributed by atoms with van der Waals surface area (Å²) in [4.78, 5) is 11.4. The van der Waals surface area contributed by atoms with Crippen molar-refractivity contribution in [2.24, 2.45) is 0 Å². The lowest BCUT2D eigenvalue weighted by Crippen LogP contribution is -2.24. The van der Waals surface area contributed by atoms with Gasteiger partial charge in [-0.3, -0.25) is 4.79 Å². The molecule has 0 saturated heterocycles. The molecular formula is C11H22O4. The zero-order valence-corrected chi connectivity index (χ0v) is 10.1. The molecule has 0 amide bonds. The molecule has 0 heterocycles. The molecule has 4 nitrogen and oxygen atoms in total. The standard InChI is InChI=1S/C11H22O4/c1-5-9(4)15-10(12)8-11(13-6-2)14-7-3/h9,11H,5-8H2,1-4H3. The van der Waals surface area contributed by atoms with E-state index in [1.165, 1.54) is 0 Å². The molecule has 0 radical (unpaired) electrons. The van der Waals surface area contributed by atoms with Crippen LogP contribution in [0.5, 0.6) is 0 Å². The largest absolute Gasteiger partial charge is 0.463 e. The zero-order valence-electron chi connectivity index (χ0n) is 10.1. The second-order valence-electron chi connectivity index (χ2n) is 3.25. The first-order chi connectivity index (χ1) is 7.13. The van der Waals surface area contributed by atoms with Crippen LogP contribution in [0.2, 0.25) is 0 Å². The average Bonchev–Trinajstić information content (AvgIpc) is 2.18. The molecule has 0 saturated carbocycles. The number of rotatable bonds is 8. The predicted octanol–water partition coefficient (Wildman–Crippen LogP) is 2.12.